The number of carbonyl (C=O) groups is 1. The first-order chi connectivity index (χ1) is 12.7. The number of aromatic hydroxyl groups is 1. The van der Waals surface area contributed by atoms with E-state index in [1.54, 1.807) is 24.4 Å². The maximum atomic E-state index is 12.2. The van der Waals surface area contributed by atoms with Crippen LogP contribution in [0, 0.1) is 0 Å². The van der Waals surface area contributed by atoms with Crippen molar-refractivity contribution in [2.24, 2.45) is 5.10 Å². The zero-order valence-electron chi connectivity index (χ0n) is 13.9. The van der Waals surface area contributed by atoms with Gasteiger partial charge in [-0.25, -0.2) is 5.43 Å². The third-order valence-corrected chi connectivity index (χ3v) is 4.32. The van der Waals surface area contributed by atoms with Crippen molar-refractivity contribution in [3.63, 3.8) is 0 Å². The van der Waals surface area contributed by atoms with Crippen LogP contribution in [0.4, 0.5) is 0 Å². The first-order valence-electron chi connectivity index (χ1n) is 8.26. The molecule has 0 atom stereocenters. The van der Waals surface area contributed by atoms with Crippen molar-refractivity contribution >= 4 is 33.7 Å². The van der Waals surface area contributed by atoms with Gasteiger partial charge in [0, 0.05) is 5.56 Å². The van der Waals surface area contributed by atoms with Crippen LogP contribution in [0.5, 0.6) is 5.75 Å². The molecule has 0 heterocycles. The normalized spacial score (nSPS) is 11.2. The van der Waals surface area contributed by atoms with Crippen molar-refractivity contribution in [2.75, 3.05) is 0 Å². The van der Waals surface area contributed by atoms with E-state index in [0.29, 0.717) is 0 Å². The van der Waals surface area contributed by atoms with E-state index in [0.717, 1.165) is 27.1 Å². The van der Waals surface area contributed by atoms with Gasteiger partial charge in [-0.15, -0.1) is 0 Å². The summed E-state index contributed by atoms with van der Waals surface area (Å²) in [6.45, 7) is 0. The van der Waals surface area contributed by atoms with Crippen LogP contribution < -0.4 is 5.43 Å². The Morgan fingerprint density at radius 2 is 1.42 bits per heavy atom. The lowest BCUT2D eigenvalue weighted by Crippen LogP contribution is -2.17. The van der Waals surface area contributed by atoms with Crippen molar-refractivity contribution in [2.45, 2.75) is 0 Å². The second-order valence-corrected chi connectivity index (χ2v) is 5.95. The van der Waals surface area contributed by atoms with Gasteiger partial charge in [-0.1, -0.05) is 60.7 Å². The average molecular weight is 340 g/mol. The smallest absolute Gasteiger partial charge is 0.275 e. The molecule has 0 bridgehead atoms. The number of rotatable bonds is 3. The van der Waals surface area contributed by atoms with Crippen LogP contribution in [0.25, 0.3) is 21.5 Å². The predicted octanol–water partition coefficient (Wildman–Crippen LogP) is 4.46. The molecule has 4 nitrogen and oxygen atoms in total. The maximum absolute atomic E-state index is 12.2. The van der Waals surface area contributed by atoms with Gasteiger partial charge >= 0.3 is 0 Å². The van der Waals surface area contributed by atoms with E-state index in [1.807, 2.05) is 36.4 Å². The monoisotopic (exact) mass is 340 g/mol. The van der Waals surface area contributed by atoms with Crippen molar-refractivity contribution < 1.29 is 9.90 Å². The van der Waals surface area contributed by atoms with Crippen LogP contribution in [-0.2, 0) is 0 Å². The molecule has 4 aromatic carbocycles. The van der Waals surface area contributed by atoms with Crippen molar-refractivity contribution in [3.05, 3.63) is 90.0 Å². The number of nitrogens with one attached hydrogen (secondary N) is 1. The Morgan fingerprint density at radius 1 is 0.846 bits per heavy atom. The summed E-state index contributed by atoms with van der Waals surface area (Å²) in [4.78, 5) is 12.2. The molecule has 4 aromatic rings. The van der Waals surface area contributed by atoms with Gasteiger partial charge in [-0.3, -0.25) is 4.79 Å². The molecule has 0 aliphatic rings. The molecule has 0 aromatic heterocycles. The van der Waals surface area contributed by atoms with E-state index < -0.39 is 5.91 Å². The van der Waals surface area contributed by atoms with Gasteiger partial charge in [-0.2, -0.15) is 5.10 Å². The highest BCUT2D eigenvalue weighted by Gasteiger charge is 2.09. The van der Waals surface area contributed by atoms with Gasteiger partial charge in [0.2, 0.25) is 0 Å². The van der Waals surface area contributed by atoms with Crippen LogP contribution in [0.15, 0.2) is 84.0 Å². The predicted molar refractivity (Wildman–Crippen MR) is 105 cm³/mol. The van der Waals surface area contributed by atoms with Gasteiger partial charge < -0.3 is 5.11 Å². The Bertz CT molecular complexity index is 1100. The second-order valence-electron chi connectivity index (χ2n) is 5.95. The fourth-order valence-electron chi connectivity index (χ4n) is 3.07. The standard InChI is InChI=1S/C22H16N2O2/c25-21-12-6-5-11-19(21)22(26)24-23-14-20-17-9-3-1-7-15(17)13-16-8-2-4-10-18(16)20/h1-14,25H,(H,24,26). The summed E-state index contributed by atoms with van der Waals surface area (Å²) in [5, 5.41) is 18.2. The van der Waals surface area contributed by atoms with Gasteiger partial charge in [0.25, 0.3) is 5.91 Å². The molecule has 0 radical (unpaired) electrons. The molecular formula is C22H16N2O2. The molecule has 0 aliphatic heterocycles. The SMILES string of the molecule is O=C(NN=Cc1c2ccccc2cc2ccccc12)c1ccccc1O. The molecule has 4 heteroatoms. The quantitative estimate of drug-likeness (QED) is 0.328. The van der Waals surface area contributed by atoms with E-state index >= 15 is 0 Å². The van der Waals surface area contributed by atoms with E-state index in [1.165, 1.54) is 6.07 Å². The topological polar surface area (TPSA) is 61.7 Å². The van der Waals surface area contributed by atoms with Gasteiger partial charge in [0.05, 0.1) is 11.8 Å². The van der Waals surface area contributed by atoms with Crippen LogP contribution in [0.3, 0.4) is 0 Å². The Morgan fingerprint density at radius 3 is 2.08 bits per heavy atom. The number of fused-ring (bicyclic) bond motifs is 2. The van der Waals surface area contributed by atoms with Gasteiger partial charge in [0.15, 0.2) is 0 Å². The van der Waals surface area contributed by atoms with Gasteiger partial charge in [-0.05, 0) is 39.7 Å². The van der Waals surface area contributed by atoms with E-state index in [4.69, 9.17) is 0 Å². The molecule has 1 amide bonds. The molecule has 0 saturated heterocycles. The number of phenolic OH excluding ortho intramolecular Hbond substituents is 1. The third kappa shape index (κ3) is 2.89. The minimum atomic E-state index is -0.455. The second kappa shape index (κ2) is 6.69. The van der Waals surface area contributed by atoms with Crippen LogP contribution in [0.1, 0.15) is 15.9 Å². The molecule has 0 fully saturated rings. The fourth-order valence-corrected chi connectivity index (χ4v) is 3.07. The number of benzene rings is 4. The summed E-state index contributed by atoms with van der Waals surface area (Å²) in [5.41, 5.74) is 3.62. The minimum Gasteiger partial charge on any atom is -0.507 e. The van der Waals surface area contributed by atoms with Crippen molar-refractivity contribution in [3.8, 4) is 5.75 Å². The minimum absolute atomic E-state index is 0.0733. The number of phenols is 1. The highest BCUT2D eigenvalue weighted by molar-refractivity contribution is 6.13. The first kappa shape index (κ1) is 15.8. The lowest BCUT2D eigenvalue weighted by Gasteiger charge is -2.08. The lowest BCUT2D eigenvalue weighted by molar-refractivity contribution is 0.0952. The molecule has 0 aliphatic carbocycles. The number of hydrogen-bond donors (Lipinski definition) is 2. The first-order valence-corrected chi connectivity index (χ1v) is 8.26. The number of hydrazone groups is 1. The lowest BCUT2D eigenvalue weighted by atomic mass is 9.97. The Kier molecular flexibility index (Phi) is 4.07. The molecule has 26 heavy (non-hydrogen) atoms. The largest absolute Gasteiger partial charge is 0.507 e. The number of para-hydroxylation sites is 1. The van der Waals surface area contributed by atoms with Gasteiger partial charge in [0.1, 0.15) is 5.75 Å². The van der Waals surface area contributed by atoms with Crippen LogP contribution >= 0.6 is 0 Å². The van der Waals surface area contributed by atoms with E-state index in [9.17, 15) is 9.90 Å². The Hall–Kier alpha value is -3.66. The number of amides is 1. The summed E-state index contributed by atoms with van der Waals surface area (Å²) in [6.07, 6.45) is 1.66. The number of hydrogen-bond acceptors (Lipinski definition) is 3. The van der Waals surface area contributed by atoms with Crippen LogP contribution in [0.2, 0.25) is 0 Å². The summed E-state index contributed by atoms with van der Waals surface area (Å²) in [7, 11) is 0. The summed E-state index contributed by atoms with van der Waals surface area (Å²) < 4.78 is 0. The maximum Gasteiger partial charge on any atom is 0.275 e. The molecule has 0 saturated carbocycles. The van der Waals surface area contributed by atoms with E-state index in [-0.39, 0.29) is 11.3 Å². The summed E-state index contributed by atoms with van der Waals surface area (Å²) in [5.74, 6) is -0.528. The molecular weight excluding hydrogens is 324 g/mol. The Labute approximate surface area is 150 Å². The zero-order chi connectivity index (χ0) is 17.9. The molecule has 0 spiro atoms. The average Bonchev–Trinajstić information content (AvgIpc) is 2.67. The van der Waals surface area contributed by atoms with Crippen molar-refractivity contribution in [1.82, 2.24) is 5.43 Å². The molecule has 0 unspecified atom stereocenters. The number of nitrogens with zero attached hydrogens (tertiary/aromatic N) is 1. The molecule has 2 N–H and O–H groups in total. The highest BCUT2D eigenvalue weighted by Crippen LogP contribution is 2.27. The summed E-state index contributed by atoms with van der Waals surface area (Å²) >= 11 is 0. The fraction of sp³-hybridized carbons (Fsp3) is 0. The Balaban J connectivity index is 1.73. The van der Waals surface area contributed by atoms with Crippen molar-refractivity contribution in [1.29, 1.82) is 0 Å². The summed E-state index contributed by atoms with van der Waals surface area (Å²) in [6, 6.07) is 24.7. The highest BCUT2D eigenvalue weighted by atomic mass is 16.3. The molecule has 126 valence electrons. The third-order valence-electron chi connectivity index (χ3n) is 4.32. The zero-order valence-corrected chi connectivity index (χ0v) is 13.9. The molecule has 4 rings (SSSR count). The number of carbonyl (C=O) groups excluding carboxylic acids is 1. The van der Waals surface area contributed by atoms with E-state index in [2.05, 4.69) is 28.7 Å². The van der Waals surface area contributed by atoms with Crippen LogP contribution in [-0.4, -0.2) is 17.2 Å².